The maximum absolute atomic E-state index is 13.0. The Morgan fingerprint density at radius 1 is 0.941 bits per heavy atom. The summed E-state index contributed by atoms with van der Waals surface area (Å²) in [4.78, 5) is 38.6. The number of halogens is 3. The van der Waals surface area contributed by atoms with Gasteiger partial charge < -0.3 is 4.74 Å². The quantitative estimate of drug-likeness (QED) is 0.324. The van der Waals surface area contributed by atoms with E-state index < -0.39 is 17.8 Å². The van der Waals surface area contributed by atoms with Gasteiger partial charge in [-0.25, -0.2) is 9.69 Å². The van der Waals surface area contributed by atoms with E-state index in [-0.39, 0.29) is 33.7 Å². The molecule has 1 heterocycles. The second-order valence-electron chi connectivity index (χ2n) is 7.53. The smallest absolute Gasteiger partial charge is 0.335 e. The third kappa shape index (κ3) is 5.09. The van der Waals surface area contributed by atoms with E-state index in [1.54, 1.807) is 12.1 Å². The zero-order valence-corrected chi connectivity index (χ0v) is 20.0. The molecule has 1 aliphatic rings. The lowest BCUT2D eigenvalue weighted by Crippen LogP contribution is -2.54. The van der Waals surface area contributed by atoms with Crippen LogP contribution >= 0.6 is 34.8 Å². The topological polar surface area (TPSA) is 75.7 Å². The van der Waals surface area contributed by atoms with Gasteiger partial charge in [0, 0.05) is 5.02 Å². The summed E-state index contributed by atoms with van der Waals surface area (Å²) >= 11 is 18.7. The first kappa shape index (κ1) is 23.8. The van der Waals surface area contributed by atoms with Crippen molar-refractivity contribution >= 4 is 64.4 Å². The number of nitrogens with zero attached hydrogens (tertiary/aromatic N) is 1. The highest BCUT2D eigenvalue weighted by Gasteiger charge is 2.37. The number of carbonyl (C=O) groups excluding carboxylic acids is 3. The molecule has 4 rings (SSSR count). The Bertz CT molecular complexity index is 1310. The standard InChI is InChI=1S/C25H17Cl3N2O4/c1-14-5-7-15(8-6-14)13-34-22-20(27)10-16(11-21(22)28)9-19-23(31)29-25(33)30(24(19)32)18-4-2-3-17(26)12-18/h2-12H,13H2,1H3,(H,29,31,33)/b19-9+. The number of imide groups is 2. The molecule has 0 saturated carbocycles. The fourth-order valence-corrected chi connectivity index (χ4v) is 4.11. The largest absolute Gasteiger partial charge is 0.486 e. The molecule has 0 aromatic heterocycles. The van der Waals surface area contributed by atoms with Crippen LogP contribution in [0.2, 0.25) is 15.1 Å². The van der Waals surface area contributed by atoms with Crippen LogP contribution in [-0.4, -0.2) is 17.8 Å². The van der Waals surface area contributed by atoms with Crippen LogP contribution in [-0.2, 0) is 16.2 Å². The monoisotopic (exact) mass is 514 g/mol. The van der Waals surface area contributed by atoms with Gasteiger partial charge in [0.1, 0.15) is 12.2 Å². The zero-order valence-electron chi connectivity index (χ0n) is 17.8. The number of urea groups is 1. The van der Waals surface area contributed by atoms with Gasteiger partial charge in [-0.1, -0.05) is 70.7 Å². The van der Waals surface area contributed by atoms with E-state index in [4.69, 9.17) is 39.5 Å². The summed E-state index contributed by atoms with van der Waals surface area (Å²) in [6.07, 6.45) is 1.31. The molecule has 3 aromatic rings. The number of barbiturate groups is 1. The number of aryl methyl sites for hydroxylation is 1. The van der Waals surface area contributed by atoms with Crippen LogP contribution in [0.1, 0.15) is 16.7 Å². The Labute approximate surface area is 210 Å². The SMILES string of the molecule is Cc1ccc(COc2c(Cl)cc(/C=C3\C(=O)NC(=O)N(c4cccc(Cl)c4)C3=O)cc2Cl)cc1. The minimum Gasteiger partial charge on any atom is -0.486 e. The van der Waals surface area contributed by atoms with E-state index in [2.05, 4.69) is 5.32 Å². The third-order valence-electron chi connectivity index (χ3n) is 5.00. The van der Waals surface area contributed by atoms with Crippen LogP contribution in [0, 0.1) is 6.92 Å². The lowest BCUT2D eigenvalue weighted by Gasteiger charge is -2.26. The van der Waals surface area contributed by atoms with Crippen molar-refractivity contribution in [1.29, 1.82) is 0 Å². The molecule has 4 amide bonds. The molecule has 1 N–H and O–H groups in total. The van der Waals surface area contributed by atoms with Gasteiger partial charge in [-0.05, 0) is 54.5 Å². The number of anilines is 1. The minimum absolute atomic E-state index is 0.206. The zero-order chi connectivity index (χ0) is 24.4. The van der Waals surface area contributed by atoms with E-state index in [1.165, 1.54) is 30.3 Å². The fraction of sp³-hybridized carbons (Fsp3) is 0.0800. The summed E-state index contributed by atoms with van der Waals surface area (Å²) in [5.74, 6) is -1.36. The average Bonchev–Trinajstić information content (AvgIpc) is 2.77. The predicted molar refractivity (Wildman–Crippen MR) is 132 cm³/mol. The minimum atomic E-state index is -0.870. The molecule has 9 heteroatoms. The van der Waals surface area contributed by atoms with Crippen molar-refractivity contribution in [1.82, 2.24) is 5.32 Å². The third-order valence-corrected chi connectivity index (χ3v) is 5.80. The molecule has 0 radical (unpaired) electrons. The molecule has 0 spiro atoms. The van der Waals surface area contributed by atoms with Crippen LogP contribution in [0.25, 0.3) is 6.08 Å². The van der Waals surface area contributed by atoms with E-state index >= 15 is 0 Å². The van der Waals surface area contributed by atoms with Crippen LogP contribution in [0.15, 0.2) is 66.2 Å². The van der Waals surface area contributed by atoms with Gasteiger partial charge in [0.05, 0.1) is 15.7 Å². The predicted octanol–water partition coefficient (Wildman–Crippen LogP) is 6.20. The summed E-state index contributed by atoms with van der Waals surface area (Å²) in [5.41, 5.74) is 2.43. The molecule has 0 atom stereocenters. The van der Waals surface area contributed by atoms with Gasteiger partial charge in [-0.2, -0.15) is 0 Å². The molecular formula is C25H17Cl3N2O4. The lowest BCUT2D eigenvalue weighted by atomic mass is 10.1. The number of carbonyl (C=O) groups is 3. The molecule has 1 aliphatic heterocycles. The van der Waals surface area contributed by atoms with Crippen molar-refractivity contribution in [3.8, 4) is 5.75 Å². The second-order valence-corrected chi connectivity index (χ2v) is 8.78. The summed E-state index contributed by atoms with van der Waals surface area (Å²) in [6.45, 7) is 2.25. The van der Waals surface area contributed by atoms with Crippen molar-refractivity contribution < 1.29 is 19.1 Å². The van der Waals surface area contributed by atoms with Crippen molar-refractivity contribution in [3.05, 3.63) is 98.0 Å². The first-order valence-electron chi connectivity index (χ1n) is 10.1. The molecule has 0 unspecified atom stereocenters. The Kier molecular flexibility index (Phi) is 6.93. The Hall–Kier alpha value is -3.32. The van der Waals surface area contributed by atoms with E-state index in [0.717, 1.165) is 16.0 Å². The van der Waals surface area contributed by atoms with Crippen LogP contribution < -0.4 is 15.0 Å². The number of hydrogen-bond donors (Lipinski definition) is 1. The van der Waals surface area contributed by atoms with Gasteiger partial charge >= 0.3 is 6.03 Å². The van der Waals surface area contributed by atoms with E-state index in [0.29, 0.717) is 10.6 Å². The Morgan fingerprint density at radius 2 is 1.62 bits per heavy atom. The number of hydrogen-bond acceptors (Lipinski definition) is 4. The Morgan fingerprint density at radius 3 is 2.26 bits per heavy atom. The highest BCUT2D eigenvalue weighted by molar-refractivity contribution is 6.40. The molecule has 34 heavy (non-hydrogen) atoms. The van der Waals surface area contributed by atoms with E-state index in [9.17, 15) is 14.4 Å². The molecule has 1 fully saturated rings. The molecule has 0 aliphatic carbocycles. The lowest BCUT2D eigenvalue weighted by molar-refractivity contribution is -0.122. The van der Waals surface area contributed by atoms with Crippen LogP contribution in [0.5, 0.6) is 5.75 Å². The van der Waals surface area contributed by atoms with Gasteiger partial charge in [0.2, 0.25) is 0 Å². The van der Waals surface area contributed by atoms with Crippen molar-refractivity contribution in [2.75, 3.05) is 4.90 Å². The molecule has 172 valence electrons. The first-order valence-corrected chi connectivity index (χ1v) is 11.2. The summed E-state index contributed by atoms with van der Waals surface area (Å²) < 4.78 is 5.78. The molecule has 0 bridgehead atoms. The molecule has 3 aromatic carbocycles. The number of rotatable bonds is 5. The number of ether oxygens (including phenoxy) is 1. The summed E-state index contributed by atoms with van der Waals surface area (Å²) in [7, 11) is 0. The summed E-state index contributed by atoms with van der Waals surface area (Å²) in [5, 5.41) is 2.90. The maximum atomic E-state index is 13.0. The van der Waals surface area contributed by atoms with E-state index in [1.807, 2.05) is 31.2 Å². The first-order chi connectivity index (χ1) is 16.2. The second kappa shape index (κ2) is 9.89. The average molecular weight is 516 g/mol. The number of benzene rings is 3. The van der Waals surface area contributed by atoms with Crippen LogP contribution in [0.4, 0.5) is 10.5 Å². The maximum Gasteiger partial charge on any atom is 0.335 e. The number of nitrogens with one attached hydrogen (secondary N) is 1. The highest BCUT2D eigenvalue weighted by atomic mass is 35.5. The fourth-order valence-electron chi connectivity index (χ4n) is 3.31. The molecule has 1 saturated heterocycles. The van der Waals surface area contributed by atoms with Crippen molar-refractivity contribution in [2.24, 2.45) is 0 Å². The van der Waals surface area contributed by atoms with Gasteiger partial charge in [0.25, 0.3) is 11.8 Å². The normalized spacial score (nSPS) is 15.0. The van der Waals surface area contributed by atoms with Gasteiger partial charge in [-0.15, -0.1) is 0 Å². The molecular weight excluding hydrogens is 499 g/mol. The van der Waals surface area contributed by atoms with Crippen molar-refractivity contribution in [3.63, 3.8) is 0 Å². The van der Waals surface area contributed by atoms with Gasteiger partial charge in [0.15, 0.2) is 5.75 Å². The molecule has 6 nitrogen and oxygen atoms in total. The summed E-state index contributed by atoms with van der Waals surface area (Å²) in [6, 6.07) is 16.2. The number of amides is 4. The van der Waals surface area contributed by atoms with Crippen LogP contribution in [0.3, 0.4) is 0 Å². The Balaban J connectivity index is 1.60. The van der Waals surface area contributed by atoms with Crippen molar-refractivity contribution in [2.45, 2.75) is 13.5 Å². The highest BCUT2D eigenvalue weighted by Crippen LogP contribution is 2.36. The van der Waals surface area contributed by atoms with Gasteiger partial charge in [-0.3, -0.25) is 14.9 Å².